The van der Waals surface area contributed by atoms with Gasteiger partial charge in [-0.1, -0.05) is 53.2 Å². The Morgan fingerprint density at radius 1 is 1.05 bits per heavy atom. The number of nitrogens with one attached hydrogen (secondary N) is 1. The highest BCUT2D eigenvalue weighted by atomic mass is 79.9. The van der Waals surface area contributed by atoms with Gasteiger partial charge in [0.2, 0.25) is 0 Å². The van der Waals surface area contributed by atoms with E-state index in [4.69, 9.17) is 0 Å². The lowest BCUT2D eigenvalue weighted by molar-refractivity contribution is 0.723. The Morgan fingerprint density at radius 2 is 1.75 bits per heavy atom. The van der Waals surface area contributed by atoms with Crippen LogP contribution in [0.15, 0.2) is 53.0 Å². The third-order valence-electron chi connectivity index (χ3n) is 3.30. The van der Waals surface area contributed by atoms with Gasteiger partial charge in [-0.2, -0.15) is 0 Å². The predicted molar refractivity (Wildman–Crippen MR) is 90.1 cm³/mol. The Hall–Kier alpha value is -1.32. The van der Waals surface area contributed by atoms with Crippen molar-refractivity contribution in [3.8, 4) is 0 Å². The molecule has 0 aliphatic rings. The fraction of sp³-hybridized carbons (Fsp3) is 0.294. The molecule has 0 aliphatic heterocycles. The van der Waals surface area contributed by atoms with Crippen LogP contribution in [-0.4, -0.2) is 13.6 Å². The van der Waals surface area contributed by atoms with E-state index in [1.54, 1.807) is 0 Å². The van der Waals surface area contributed by atoms with Gasteiger partial charge in [0.1, 0.15) is 0 Å². The molecule has 3 heteroatoms. The molecule has 0 aromatic heterocycles. The zero-order valence-corrected chi connectivity index (χ0v) is 13.7. The van der Waals surface area contributed by atoms with E-state index in [1.165, 1.54) is 16.8 Å². The second-order valence-electron chi connectivity index (χ2n) is 4.89. The van der Waals surface area contributed by atoms with Crippen molar-refractivity contribution in [2.75, 3.05) is 18.5 Å². The highest BCUT2D eigenvalue weighted by Crippen LogP contribution is 2.21. The van der Waals surface area contributed by atoms with E-state index < -0.39 is 0 Å². The summed E-state index contributed by atoms with van der Waals surface area (Å²) in [4.78, 5) is 2.30. The predicted octanol–water partition coefficient (Wildman–Crippen LogP) is 4.20. The summed E-state index contributed by atoms with van der Waals surface area (Å²) >= 11 is 3.47. The Kier molecular flexibility index (Phi) is 5.62. The molecule has 2 rings (SSSR count). The van der Waals surface area contributed by atoms with E-state index in [2.05, 4.69) is 88.6 Å². The normalized spacial score (nSPS) is 10.6. The van der Waals surface area contributed by atoms with Crippen LogP contribution in [-0.2, 0) is 13.1 Å². The summed E-state index contributed by atoms with van der Waals surface area (Å²) in [6, 6.07) is 17.1. The molecule has 0 saturated heterocycles. The van der Waals surface area contributed by atoms with Crippen LogP contribution >= 0.6 is 15.9 Å². The van der Waals surface area contributed by atoms with E-state index in [0.717, 1.165) is 24.1 Å². The lowest BCUT2D eigenvalue weighted by atomic mass is 10.1. The molecule has 2 nitrogen and oxygen atoms in total. The zero-order chi connectivity index (χ0) is 14.4. The molecule has 0 spiro atoms. The number of para-hydroxylation sites is 1. The van der Waals surface area contributed by atoms with Gasteiger partial charge in [0.25, 0.3) is 0 Å². The van der Waals surface area contributed by atoms with Gasteiger partial charge < -0.3 is 10.2 Å². The van der Waals surface area contributed by atoms with Crippen molar-refractivity contribution in [2.45, 2.75) is 20.0 Å². The van der Waals surface area contributed by atoms with Crippen molar-refractivity contribution < 1.29 is 0 Å². The maximum absolute atomic E-state index is 3.47. The largest absolute Gasteiger partial charge is 0.370 e. The highest BCUT2D eigenvalue weighted by molar-refractivity contribution is 9.10. The van der Waals surface area contributed by atoms with Crippen molar-refractivity contribution in [3.05, 3.63) is 64.1 Å². The van der Waals surface area contributed by atoms with Gasteiger partial charge in [-0.3, -0.25) is 0 Å². The minimum atomic E-state index is 0.913. The molecule has 0 unspecified atom stereocenters. The van der Waals surface area contributed by atoms with E-state index in [1.807, 2.05) is 0 Å². The van der Waals surface area contributed by atoms with Gasteiger partial charge in [0, 0.05) is 30.3 Å². The maximum atomic E-state index is 3.47. The summed E-state index contributed by atoms with van der Waals surface area (Å²) in [6.45, 7) is 4.95. The number of benzene rings is 2. The van der Waals surface area contributed by atoms with Gasteiger partial charge in [-0.25, -0.2) is 0 Å². The van der Waals surface area contributed by atoms with E-state index in [-0.39, 0.29) is 0 Å². The van der Waals surface area contributed by atoms with Crippen LogP contribution in [0.3, 0.4) is 0 Å². The van der Waals surface area contributed by atoms with Crippen LogP contribution in [0.25, 0.3) is 0 Å². The van der Waals surface area contributed by atoms with Crippen molar-refractivity contribution in [2.24, 2.45) is 0 Å². The van der Waals surface area contributed by atoms with Gasteiger partial charge in [0.15, 0.2) is 0 Å². The molecule has 0 bridgehead atoms. The van der Waals surface area contributed by atoms with Crippen LogP contribution in [0.2, 0.25) is 0 Å². The SMILES string of the molecule is CCNCc1ccccc1N(C)Cc1ccc(Br)cc1. The molecule has 0 fully saturated rings. The third-order valence-corrected chi connectivity index (χ3v) is 3.83. The molecule has 0 heterocycles. The first-order chi connectivity index (χ1) is 9.70. The summed E-state index contributed by atoms with van der Waals surface area (Å²) in [5.41, 5.74) is 3.94. The molecule has 0 saturated carbocycles. The summed E-state index contributed by atoms with van der Waals surface area (Å²) in [5, 5.41) is 3.40. The quantitative estimate of drug-likeness (QED) is 0.852. The third kappa shape index (κ3) is 4.09. The van der Waals surface area contributed by atoms with Gasteiger partial charge >= 0.3 is 0 Å². The average molecular weight is 333 g/mol. The summed E-state index contributed by atoms with van der Waals surface area (Å²) in [6.07, 6.45) is 0. The Bertz CT molecular complexity index is 537. The number of halogens is 1. The summed E-state index contributed by atoms with van der Waals surface area (Å²) in [5.74, 6) is 0. The molecule has 2 aromatic rings. The number of hydrogen-bond acceptors (Lipinski definition) is 2. The fourth-order valence-electron chi connectivity index (χ4n) is 2.24. The second-order valence-corrected chi connectivity index (χ2v) is 5.81. The minimum absolute atomic E-state index is 0.913. The van der Waals surface area contributed by atoms with Crippen LogP contribution in [0.1, 0.15) is 18.1 Å². The lowest BCUT2D eigenvalue weighted by Crippen LogP contribution is -2.20. The minimum Gasteiger partial charge on any atom is -0.370 e. The molecular weight excluding hydrogens is 312 g/mol. The zero-order valence-electron chi connectivity index (χ0n) is 12.1. The van der Waals surface area contributed by atoms with Gasteiger partial charge in [0.05, 0.1) is 0 Å². The first-order valence-electron chi connectivity index (χ1n) is 6.95. The van der Waals surface area contributed by atoms with Crippen molar-refractivity contribution in [1.82, 2.24) is 5.32 Å². The molecule has 20 heavy (non-hydrogen) atoms. The van der Waals surface area contributed by atoms with Crippen LogP contribution < -0.4 is 10.2 Å². The smallest absolute Gasteiger partial charge is 0.0426 e. The summed E-state index contributed by atoms with van der Waals surface area (Å²) in [7, 11) is 2.15. The molecule has 2 aromatic carbocycles. The Labute approximate surface area is 129 Å². The Morgan fingerprint density at radius 3 is 2.45 bits per heavy atom. The summed E-state index contributed by atoms with van der Waals surface area (Å²) < 4.78 is 1.12. The molecular formula is C17H21BrN2. The highest BCUT2D eigenvalue weighted by Gasteiger charge is 2.07. The second kappa shape index (κ2) is 7.46. The average Bonchev–Trinajstić information content (AvgIpc) is 2.47. The topological polar surface area (TPSA) is 15.3 Å². The maximum Gasteiger partial charge on any atom is 0.0426 e. The lowest BCUT2D eigenvalue weighted by Gasteiger charge is -2.23. The molecule has 0 atom stereocenters. The van der Waals surface area contributed by atoms with Crippen molar-refractivity contribution in [1.29, 1.82) is 0 Å². The van der Waals surface area contributed by atoms with Crippen molar-refractivity contribution >= 4 is 21.6 Å². The fourth-order valence-corrected chi connectivity index (χ4v) is 2.51. The first kappa shape index (κ1) is 15.1. The molecule has 0 radical (unpaired) electrons. The number of nitrogens with zero attached hydrogens (tertiary/aromatic N) is 1. The molecule has 1 N–H and O–H groups in total. The van der Waals surface area contributed by atoms with E-state index in [9.17, 15) is 0 Å². The van der Waals surface area contributed by atoms with Gasteiger partial charge in [-0.15, -0.1) is 0 Å². The van der Waals surface area contributed by atoms with Crippen LogP contribution in [0.5, 0.6) is 0 Å². The monoisotopic (exact) mass is 332 g/mol. The van der Waals surface area contributed by atoms with Crippen molar-refractivity contribution in [3.63, 3.8) is 0 Å². The number of anilines is 1. The van der Waals surface area contributed by atoms with Crippen LogP contribution in [0.4, 0.5) is 5.69 Å². The van der Waals surface area contributed by atoms with E-state index in [0.29, 0.717) is 0 Å². The number of rotatable bonds is 6. The first-order valence-corrected chi connectivity index (χ1v) is 7.74. The number of hydrogen-bond donors (Lipinski definition) is 1. The Balaban J connectivity index is 2.12. The van der Waals surface area contributed by atoms with Crippen LogP contribution in [0, 0.1) is 0 Å². The van der Waals surface area contributed by atoms with E-state index >= 15 is 0 Å². The molecule has 106 valence electrons. The molecule has 0 amide bonds. The standard InChI is InChI=1S/C17H21BrN2/c1-3-19-12-15-6-4-5-7-17(15)20(2)13-14-8-10-16(18)11-9-14/h4-11,19H,3,12-13H2,1-2H3. The van der Waals surface area contributed by atoms with Gasteiger partial charge in [-0.05, 0) is 35.9 Å². The molecule has 0 aliphatic carbocycles.